The monoisotopic (exact) mass is 245 g/mol. The van der Waals surface area contributed by atoms with Crippen LogP contribution in [0, 0.1) is 0 Å². The molecule has 1 aliphatic rings. The maximum Gasteiger partial charge on any atom is 0.106 e. The van der Waals surface area contributed by atoms with Gasteiger partial charge in [-0.15, -0.1) is 0 Å². The molecule has 14 heavy (non-hydrogen) atoms. The van der Waals surface area contributed by atoms with Crippen molar-refractivity contribution < 1.29 is 26.7 Å². The van der Waals surface area contributed by atoms with Crippen LogP contribution >= 0.6 is 0 Å². The number of aliphatic hydroxyl groups excluding tert-OH is 2. The summed E-state index contributed by atoms with van der Waals surface area (Å²) in [5.41, 5.74) is 0. The first-order valence-electron chi connectivity index (χ1n) is 5.26. The van der Waals surface area contributed by atoms with Crippen LogP contribution < -0.4 is 0 Å². The largest absolute Gasteiger partial charge is 0.379 e. The van der Waals surface area contributed by atoms with E-state index in [4.69, 9.17) is 0 Å². The first-order valence-corrected chi connectivity index (χ1v) is 5.26. The molecule has 0 amide bonds. The maximum atomic E-state index is 9.50. The van der Waals surface area contributed by atoms with Crippen molar-refractivity contribution in [2.45, 2.75) is 64.4 Å². The predicted molar refractivity (Wildman–Crippen MR) is 52.1 cm³/mol. The SMILES string of the molecule is CC(O)N(C(C)O)C1CCCCC1.[Ni]. The van der Waals surface area contributed by atoms with Crippen molar-refractivity contribution >= 4 is 0 Å². The van der Waals surface area contributed by atoms with Crippen molar-refractivity contribution in [1.82, 2.24) is 4.90 Å². The van der Waals surface area contributed by atoms with Gasteiger partial charge in [0, 0.05) is 22.5 Å². The Morgan fingerprint density at radius 3 is 1.79 bits per heavy atom. The second kappa shape index (κ2) is 6.78. The minimum Gasteiger partial charge on any atom is -0.379 e. The molecule has 1 aliphatic carbocycles. The summed E-state index contributed by atoms with van der Waals surface area (Å²) in [5, 5.41) is 19.0. The zero-order valence-corrected chi connectivity index (χ0v) is 9.91. The third kappa shape index (κ3) is 3.86. The van der Waals surface area contributed by atoms with E-state index in [1.54, 1.807) is 18.7 Å². The summed E-state index contributed by atoms with van der Waals surface area (Å²) in [6.45, 7) is 3.45. The van der Waals surface area contributed by atoms with Crippen molar-refractivity contribution in [3.63, 3.8) is 0 Å². The smallest absolute Gasteiger partial charge is 0.106 e. The van der Waals surface area contributed by atoms with E-state index in [0.717, 1.165) is 12.8 Å². The van der Waals surface area contributed by atoms with E-state index >= 15 is 0 Å². The van der Waals surface area contributed by atoms with Crippen LogP contribution in [0.4, 0.5) is 0 Å². The van der Waals surface area contributed by atoms with E-state index in [-0.39, 0.29) is 16.5 Å². The van der Waals surface area contributed by atoms with Gasteiger partial charge in [0.1, 0.15) is 12.5 Å². The Balaban J connectivity index is 0.00000169. The topological polar surface area (TPSA) is 43.7 Å². The summed E-state index contributed by atoms with van der Waals surface area (Å²) < 4.78 is 0. The minimum absolute atomic E-state index is 0. The molecule has 3 nitrogen and oxygen atoms in total. The van der Waals surface area contributed by atoms with E-state index in [9.17, 15) is 10.2 Å². The molecule has 0 heterocycles. The predicted octanol–water partition coefficient (Wildman–Crippen LogP) is 1.30. The maximum absolute atomic E-state index is 9.50. The molecule has 0 aromatic rings. The molecule has 0 aliphatic heterocycles. The molecule has 0 spiro atoms. The molecule has 1 saturated carbocycles. The Morgan fingerprint density at radius 1 is 1.00 bits per heavy atom. The van der Waals surface area contributed by atoms with E-state index in [2.05, 4.69) is 0 Å². The Hall–Kier alpha value is 0.374. The van der Waals surface area contributed by atoms with Crippen LogP contribution in [0.2, 0.25) is 0 Å². The van der Waals surface area contributed by atoms with Crippen molar-refractivity contribution in [3.05, 3.63) is 0 Å². The van der Waals surface area contributed by atoms with Gasteiger partial charge in [0.2, 0.25) is 0 Å². The average Bonchev–Trinajstić information content (AvgIpc) is 2.04. The Morgan fingerprint density at radius 2 is 1.43 bits per heavy atom. The molecular weight excluding hydrogens is 225 g/mol. The molecule has 88 valence electrons. The van der Waals surface area contributed by atoms with Gasteiger partial charge in [-0.3, -0.25) is 4.90 Å². The first-order chi connectivity index (χ1) is 6.13. The third-order valence-corrected chi connectivity index (χ3v) is 2.86. The molecule has 2 unspecified atom stereocenters. The van der Waals surface area contributed by atoms with Crippen LogP contribution in [-0.2, 0) is 16.5 Å². The Bertz CT molecular complexity index is 139. The second-order valence-electron chi connectivity index (χ2n) is 4.00. The fourth-order valence-corrected chi connectivity index (χ4v) is 2.30. The number of nitrogens with zero attached hydrogens (tertiary/aromatic N) is 1. The van der Waals surface area contributed by atoms with Crippen LogP contribution in [-0.4, -0.2) is 33.6 Å². The van der Waals surface area contributed by atoms with Gasteiger partial charge in [-0.25, -0.2) is 0 Å². The number of rotatable bonds is 3. The van der Waals surface area contributed by atoms with Gasteiger partial charge in [0.25, 0.3) is 0 Å². The van der Waals surface area contributed by atoms with Gasteiger partial charge >= 0.3 is 0 Å². The normalized spacial score (nSPS) is 22.9. The molecule has 0 aromatic carbocycles. The summed E-state index contributed by atoms with van der Waals surface area (Å²) in [5.74, 6) is 0. The van der Waals surface area contributed by atoms with Gasteiger partial charge in [-0.2, -0.15) is 0 Å². The zero-order chi connectivity index (χ0) is 9.84. The number of hydrogen-bond donors (Lipinski definition) is 2. The van der Waals surface area contributed by atoms with Gasteiger partial charge < -0.3 is 10.2 Å². The van der Waals surface area contributed by atoms with Crippen molar-refractivity contribution in [2.75, 3.05) is 0 Å². The summed E-state index contributed by atoms with van der Waals surface area (Å²) in [4.78, 5) is 1.80. The number of aliphatic hydroxyl groups is 2. The molecular formula is C10H21NNiO2. The number of hydrogen-bond acceptors (Lipinski definition) is 3. The van der Waals surface area contributed by atoms with E-state index in [1.807, 2.05) is 0 Å². The minimum atomic E-state index is -0.539. The van der Waals surface area contributed by atoms with Crippen LogP contribution in [0.25, 0.3) is 0 Å². The molecule has 1 rings (SSSR count). The van der Waals surface area contributed by atoms with Gasteiger partial charge in [0.05, 0.1) is 0 Å². The Labute approximate surface area is 96.4 Å². The molecule has 0 bridgehead atoms. The van der Waals surface area contributed by atoms with Crippen molar-refractivity contribution in [3.8, 4) is 0 Å². The van der Waals surface area contributed by atoms with E-state index < -0.39 is 12.5 Å². The summed E-state index contributed by atoms with van der Waals surface area (Å²) in [7, 11) is 0. The van der Waals surface area contributed by atoms with Gasteiger partial charge in [-0.1, -0.05) is 19.3 Å². The van der Waals surface area contributed by atoms with E-state index in [0.29, 0.717) is 6.04 Å². The van der Waals surface area contributed by atoms with Crippen molar-refractivity contribution in [1.29, 1.82) is 0 Å². The zero-order valence-electron chi connectivity index (χ0n) is 8.93. The average molecular weight is 246 g/mol. The van der Waals surface area contributed by atoms with Crippen LogP contribution in [0.5, 0.6) is 0 Å². The quantitative estimate of drug-likeness (QED) is 0.582. The van der Waals surface area contributed by atoms with E-state index in [1.165, 1.54) is 19.3 Å². The fourth-order valence-electron chi connectivity index (χ4n) is 2.30. The summed E-state index contributed by atoms with van der Waals surface area (Å²) in [6, 6.07) is 0.369. The molecule has 2 atom stereocenters. The molecule has 1 fully saturated rings. The summed E-state index contributed by atoms with van der Waals surface area (Å²) in [6.07, 6.45) is 4.88. The standard InChI is InChI=1S/C10H21NO2.Ni/c1-8(12)11(9(2)13)10-6-4-3-5-7-10;/h8-10,12-13H,3-7H2,1-2H3;. The molecule has 0 radical (unpaired) electrons. The summed E-state index contributed by atoms with van der Waals surface area (Å²) >= 11 is 0. The first kappa shape index (κ1) is 14.4. The van der Waals surface area contributed by atoms with Crippen LogP contribution in [0.1, 0.15) is 46.0 Å². The van der Waals surface area contributed by atoms with Gasteiger partial charge in [-0.05, 0) is 26.7 Å². The second-order valence-corrected chi connectivity index (χ2v) is 4.00. The molecule has 4 heteroatoms. The third-order valence-electron chi connectivity index (χ3n) is 2.86. The molecule has 0 aromatic heterocycles. The van der Waals surface area contributed by atoms with Crippen molar-refractivity contribution in [2.24, 2.45) is 0 Å². The van der Waals surface area contributed by atoms with Crippen LogP contribution in [0.3, 0.4) is 0 Å². The fraction of sp³-hybridized carbons (Fsp3) is 1.00. The molecule has 0 saturated heterocycles. The molecule has 2 N–H and O–H groups in total. The van der Waals surface area contributed by atoms with Crippen LogP contribution in [0.15, 0.2) is 0 Å². The Kier molecular flexibility index (Phi) is 6.96. The van der Waals surface area contributed by atoms with Gasteiger partial charge in [0.15, 0.2) is 0 Å².